The van der Waals surface area contributed by atoms with E-state index in [0.29, 0.717) is 12.6 Å². The van der Waals surface area contributed by atoms with Gasteiger partial charge in [-0.05, 0) is 49.3 Å². The van der Waals surface area contributed by atoms with Crippen molar-refractivity contribution in [3.05, 3.63) is 56.8 Å². The normalized spacial score (nSPS) is 20.3. The molecule has 1 N–H and O–H groups in total. The van der Waals surface area contributed by atoms with Crippen molar-refractivity contribution in [2.45, 2.75) is 51.6 Å². The van der Waals surface area contributed by atoms with Gasteiger partial charge in [0.05, 0.1) is 12.6 Å². The molecule has 1 atom stereocenters. The topological polar surface area (TPSA) is 32.3 Å². The summed E-state index contributed by atoms with van der Waals surface area (Å²) in [7, 11) is 0. The highest BCUT2D eigenvalue weighted by Crippen LogP contribution is 2.42. The fourth-order valence-electron chi connectivity index (χ4n) is 4.01. The van der Waals surface area contributed by atoms with E-state index in [0.717, 1.165) is 32.2 Å². The Morgan fingerprint density at radius 2 is 2.04 bits per heavy atom. The average molecular weight is 355 g/mol. The molecule has 4 heteroatoms. The maximum atomic E-state index is 12.4. The summed E-state index contributed by atoms with van der Waals surface area (Å²) in [4.78, 5) is 17.7. The lowest BCUT2D eigenvalue weighted by molar-refractivity contribution is -0.122. The van der Waals surface area contributed by atoms with E-state index in [2.05, 4.69) is 54.4 Å². The fourth-order valence-corrected chi connectivity index (χ4v) is 5.48. The molecule has 2 aromatic rings. The summed E-state index contributed by atoms with van der Waals surface area (Å²) in [6.07, 6.45) is 4.44. The second-order valence-electron chi connectivity index (χ2n) is 7.21. The van der Waals surface area contributed by atoms with Crippen LogP contribution in [0.2, 0.25) is 0 Å². The van der Waals surface area contributed by atoms with E-state index in [-0.39, 0.29) is 11.9 Å². The van der Waals surface area contributed by atoms with E-state index in [9.17, 15) is 4.79 Å². The highest BCUT2D eigenvalue weighted by molar-refractivity contribution is 7.12. The number of carbonyl (C=O) groups is 1. The molecule has 1 fully saturated rings. The predicted molar refractivity (Wildman–Crippen MR) is 103 cm³/mol. The summed E-state index contributed by atoms with van der Waals surface area (Å²) in [5.74, 6) is 0.177. The van der Waals surface area contributed by atoms with Crippen LogP contribution in [-0.4, -0.2) is 29.9 Å². The zero-order valence-corrected chi connectivity index (χ0v) is 15.9. The van der Waals surface area contributed by atoms with E-state index in [1.54, 1.807) is 0 Å². The van der Waals surface area contributed by atoms with Crippen LogP contribution in [0.4, 0.5) is 0 Å². The number of benzene rings is 1. The third-order valence-corrected chi connectivity index (χ3v) is 6.61. The Labute approximate surface area is 154 Å². The Hall–Kier alpha value is -1.65. The number of thiophene rings is 1. The van der Waals surface area contributed by atoms with Crippen LogP contribution < -0.4 is 5.32 Å². The molecule has 1 amide bonds. The smallest absolute Gasteiger partial charge is 0.234 e. The van der Waals surface area contributed by atoms with Crippen molar-refractivity contribution in [1.29, 1.82) is 0 Å². The zero-order valence-electron chi connectivity index (χ0n) is 15.0. The Morgan fingerprint density at radius 1 is 1.28 bits per heavy atom. The second kappa shape index (κ2) is 6.93. The fraction of sp³-hybridized carbons (Fsp3) is 0.476. The first-order valence-electron chi connectivity index (χ1n) is 9.36. The Morgan fingerprint density at radius 3 is 2.72 bits per heavy atom. The lowest BCUT2D eigenvalue weighted by Crippen LogP contribution is -2.43. The molecule has 25 heavy (non-hydrogen) atoms. The number of aryl methyl sites for hydroxylation is 1. The maximum absolute atomic E-state index is 12.4. The van der Waals surface area contributed by atoms with Crippen molar-refractivity contribution in [3.8, 4) is 0 Å². The van der Waals surface area contributed by atoms with Crippen LogP contribution in [0, 0.1) is 6.92 Å². The number of carbonyl (C=O) groups excluding carboxylic acids is 1. The van der Waals surface area contributed by atoms with Gasteiger partial charge in [0.2, 0.25) is 5.91 Å². The van der Waals surface area contributed by atoms with E-state index in [1.807, 2.05) is 11.3 Å². The average Bonchev–Trinajstić information content (AvgIpc) is 3.35. The number of fused-ring (bicyclic) bond motifs is 1. The van der Waals surface area contributed by atoms with E-state index < -0.39 is 0 Å². The molecule has 3 nitrogen and oxygen atoms in total. The van der Waals surface area contributed by atoms with Gasteiger partial charge in [-0.25, -0.2) is 0 Å². The van der Waals surface area contributed by atoms with Gasteiger partial charge >= 0.3 is 0 Å². The van der Waals surface area contributed by atoms with E-state index in [1.165, 1.54) is 26.4 Å². The number of hydrogen-bond donors (Lipinski definition) is 1. The van der Waals surface area contributed by atoms with Crippen LogP contribution in [0.25, 0.3) is 0 Å². The first kappa shape index (κ1) is 16.8. The molecular formula is C21H26N2OS. The van der Waals surface area contributed by atoms with Gasteiger partial charge in [0.1, 0.15) is 0 Å². The number of nitrogens with one attached hydrogen (secondary N) is 1. The van der Waals surface area contributed by atoms with Crippen molar-refractivity contribution >= 4 is 17.2 Å². The van der Waals surface area contributed by atoms with Crippen LogP contribution in [-0.2, 0) is 17.6 Å². The summed E-state index contributed by atoms with van der Waals surface area (Å²) in [6, 6.07) is 11.3. The molecule has 1 aliphatic heterocycles. The van der Waals surface area contributed by atoms with Crippen LogP contribution >= 0.6 is 11.3 Å². The molecule has 1 aromatic carbocycles. The highest BCUT2D eigenvalue weighted by atomic mass is 32.1. The van der Waals surface area contributed by atoms with E-state index >= 15 is 0 Å². The standard InChI is InChI=1S/C21H26N2OS/c1-3-17-14(2)25-21-18(17)11-12-23(13-19(24)22-16-9-10-16)20(21)15-7-5-4-6-8-15/h4-8,16,20H,3,9-13H2,1-2H3,(H,22,24)/t20-/m0/s1. The zero-order chi connectivity index (χ0) is 17.4. The van der Waals surface area contributed by atoms with Crippen molar-refractivity contribution in [2.24, 2.45) is 0 Å². The van der Waals surface area contributed by atoms with E-state index in [4.69, 9.17) is 0 Å². The minimum Gasteiger partial charge on any atom is -0.352 e. The molecule has 1 aromatic heterocycles. The molecule has 4 rings (SSSR count). The Kier molecular flexibility index (Phi) is 4.65. The molecule has 2 heterocycles. The lowest BCUT2D eigenvalue weighted by Gasteiger charge is -2.36. The molecule has 0 saturated heterocycles. The summed E-state index contributed by atoms with van der Waals surface area (Å²) >= 11 is 1.93. The molecular weight excluding hydrogens is 328 g/mol. The minimum absolute atomic E-state index is 0.177. The second-order valence-corrected chi connectivity index (χ2v) is 8.46. The van der Waals surface area contributed by atoms with Gasteiger partial charge in [-0.2, -0.15) is 0 Å². The number of hydrogen-bond acceptors (Lipinski definition) is 3. The van der Waals surface area contributed by atoms with Crippen molar-refractivity contribution in [1.82, 2.24) is 10.2 Å². The van der Waals surface area contributed by atoms with Crippen molar-refractivity contribution in [2.75, 3.05) is 13.1 Å². The SMILES string of the molecule is CCc1c(C)sc2c1CCN(CC(=O)NC1CC1)[C@H]2c1ccccc1. The monoisotopic (exact) mass is 354 g/mol. The van der Waals surface area contributed by atoms with Gasteiger partial charge in [0.25, 0.3) is 0 Å². The third kappa shape index (κ3) is 3.38. The van der Waals surface area contributed by atoms with Crippen molar-refractivity contribution in [3.63, 3.8) is 0 Å². The molecule has 0 bridgehead atoms. The highest BCUT2D eigenvalue weighted by Gasteiger charge is 2.34. The van der Waals surface area contributed by atoms with Crippen LogP contribution in [0.5, 0.6) is 0 Å². The molecule has 132 valence electrons. The van der Waals surface area contributed by atoms with Gasteiger partial charge in [-0.15, -0.1) is 11.3 Å². The lowest BCUT2D eigenvalue weighted by atomic mass is 9.92. The summed E-state index contributed by atoms with van der Waals surface area (Å²) in [5, 5.41) is 3.15. The van der Waals surface area contributed by atoms with Crippen LogP contribution in [0.3, 0.4) is 0 Å². The van der Waals surface area contributed by atoms with Crippen molar-refractivity contribution < 1.29 is 4.79 Å². The maximum Gasteiger partial charge on any atom is 0.234 e. The predicted octanol–water partition coefficient (Wildman–Crippen LogP) is 3.85. The molecule has 1 saturated carbocycles. The molecule has 0 spiro atoms. The largest absolute Gasteiger partial charge is 0.352 e. The number of nitrogens with zero attached hydrogens (tertiary/aromatic N) is 1. The van der Waals surface area contributed by atoms with Crippen LogP contribution in [0.1, 0.15) is 52.3 Å². The van der Waals surface area contributed by atoms with Gasteiger partial charge in [0, 0.05) is 22.3 Å². The third-order valence-electron chi connectivity index (χ3n) is 5.37. The van der Waals surface area contributed by atoms with Gasteiger partial charge in [0.15, 0.2) is 0 Å². The Bertz CT molecular complexity index is 764. The molecule has 0 radical (unpaired) electrons. The van der Waals surface area contributed by atoms with Gasteiger partial charge in [-0.1, -0.05) is 37.3 Å². The quantitative estimate of drug-likeness (QED) is 0.885. The molecule has 1 aliphatic carbocycles. The summed E-state index contributed by atoms with van der Waals surface area (Å²) in [6.45, 7) is 5.94. The molecule has 2 aliphatic rings. The minimum atomic E-state index is 0.177. The summed E-state index contributed by atoms with van der Waals surface area (Å²) in [5.41, 5.74) is 4.37. The number of amides is 1. The Balaban J connectivity index is 1.67. The first-order chi connectivity index (χ1) is 12.2. The summed E-state index contributed by atoms with van der Waals surface area (Å²) < 4.78 is 0. The van der Waals surface area contributed by atoms with Crippen LogP contribution in [0.15, 0.2) is 30.3 Å². The molecule has 0 unspecified atom stereocenters. The number of rotatable bonds is 5. The van der Waals surface area contributed by atoms with Gasteiger partial charge < -0.3 is 5.32 Å². The first-order valence-corrected chi connectivity index (χ1v) is 10.2. The van der Waals surface area contributed by atoms with Gasteiger partial charge in [-0.3, -0.25) is 9.69 Å².